The Bertz CT molecular complexity index is 611. The zero-order valence-electron chi connectivity index (χ0n) is 11.7. The largest absolute Gasteiger partial charge is 0.350 e. The fraction of sp³-hybridized carbons (Fsp3) is 0.188. The van der Waals surface area contributed by atoms with Gasteiger partial charge in [-0.15, -0.1) is 0 Å². The normalized spacial score (nSPS) is 12.3. The van der Waals surface area contributed by atoms with Crippen molar-refractivity contribution in [1.29, 1.82) is 0 Å². The predicted octanol–water partition coefficient (Wildman–Crippen LogP) is 3.00. The summed E-state index contributed by atoms with van der Waals surface area (Å²) in [5, 5.41) is 2.93. The molecule has 0 bridgehead atoms. The number of amides is 1. The van der Waals surface area contributed by atoms with Crippen LogP contribution in [0.15, 0.2) is 53.4 Å². The molecule has 1 N–H and O–H groups in total. The van der Waals surface area contributed by atoms with Gasteiger partial charge in [0, 0.05) is 29.0 Å². The molecule has 1 atom stereocenters. The van der Waals surface area contributed by atoms with E-state index in [-0.39, 0.29) is 11.9 Å². The summed E-state index contributed by atoms with van der Waals surface area (Å²) in [6, 6.07) is 8.14. The Hall–Kier alpha value is -2.01. The molecule has 0 unspecified atom stereocenters. The van der Waals surface area contributed by atoms with E-state index in [1.807, 2.05) is 31.2 Å². The van der Waals surface area contributed by atoms with Crippen molar-refractivity contribution >= 4 is 27.9 Å². The summed E-state index contributed by atoms with van der Waals surface area (Å²) < 4.78 is 1.05. The quantitative estimate of drug-likeness (QED) is 0.847. The number of halogens is 1. The van der Waals surface area contributed by atoms with Gasteiger partial charge in [0.1, 0.15) is 0 Å². The van der Waals surface area contributed by atoms with Crippen LogP contribution in [0.1, 0.15) is 18.2 Å². The molecular formula is C16H16BrN3O. The zero-order chi connectivity index (χ0) is 15.1. The first-order valence-electron chi connectivity index (χ1n) is 6.62. The summed E-state index contributed by atoms with van der Waals surface area (Å²) in [5.74, 6) is -0.134. The number of hydrogen-bond donors (Lipinski definition) is 1. The Labute approximate surface area is 132 Å². The standard InChI is InChI=1S/C16H16BrN3O/c1-12(10-13-2-4-14(17)5-3-13)20-16(21)7-6-15-11-18-8-9-19-15/h2-9,11-12H,10H2,1H3,(H,20,21)/b7-6-/t12-/m0/s1. The van der Waals surface area contributed by atoms with E-state index in [1.165, 1.54) is 11.6 Å². The van der Waals surface area contributed by atoms with Gasteiger partial charge in [-0.3, -0.25) is 14.8 Å². The van der Waals surface area contributed by atoms with Gasteiger partial charge < -0.3 is 5.32 Å². The molecule has 0 saturated carbocycles. The maximum absolute atomic E-state index is 11.8. The minimum atomic E-state index is -0.134. The van der Waals surface area contributed by atoms with Crippen LogP contribution in [0.5, 0.6) is 0 Å². The zero-order valence-corrected chi connectivity index (χ0v) is 13.2. The molecule has 4 nitrogen and oxygen atoms in total. The average molecular weight is 346 g/mol. The molecule has 1 aromatic heterocycles. The minimum Gasteiger partial charge on any atom is -0.350 e. The van der Waals surface area contributed by atoms with Gasteiger partial charge in [0.25, 0.3) is 0 Å². The topological polar surface area (TPSA) is 54.9 Å². The lowest BCUT2D eigenvalue weighted by Crippen LogP contribution is -2.32. The number of nitrogens with zero attached hydrogens (tertiary/aromatic N) is 2. The van der Waals surface area contributed by atoms with Crippen LogP contribution in [0, 0.1) is 0 Å². The van der Waals surface area contributed by atoms with Gasteiger partial charge in [-0.2, -0.15) is 0 Å². The minimum absolute atomic E-state index is 0.0604. The van der Waals surface area contributed by atoms with Crippen molar-refractivity contribution in [1.82, 2.24) is 15.3 Å². The highest BCUT2D eigenvalue weighted by Crippen LogP contribution is 2.11. The Morgan fingerprint density at radius 2 is 2.10 bits per heavy atom. The smallest absolute Gasteiger partial charge is 0.244 e. The SMILES string of the molecule is C[C@@H](Cc1ccc(Br)cc1)NC(=O)/C=C\c1cnccn1. The number of carbonyl (C=O) groups is 1. The Morgan fingerprint density at radius 3 is 2.76 bits per heavy atom. The van der Waals surface area contributed by atoms with Crippen LogP contribution in [-0.2, 0) is 11.2 Å². The first-order valence-corrected chi connectivity index (χ1v) is 7.42. The fourth-order valence-corrected chi connectivity index (χ4v) is 2.14. The molecule has 0 aliphatic rings. The second-order valence-corrected chi connectivity index (χ2v) is 5.62. The predicted molar refractivity (Wildman–Crippen MR) is 86.5 cm³/mol. The second-order valence-electron chi connectivity index (χ2n) is 4.70. The highest BCUT2D eigenvalue weighted by atomic mass is 79.9. The molecule has 0 fully saturated rings. The highest BCUT2D eigenvalue weighted by molar-refractivity contribution is 9.10. The number of benzene rings is 1. The molecule has 0 aliphatic carbocycles. The van der Waals surface area contributed by atoms with Crippen molar-refractivity contribution < 1.29 is 4.79 Å². The molecule has 0 aliphatic heterocycles. The van der Waals surface area contributed by atoms with Crippen molar-refractivity contribution in [3.05, 3.63) is 64.7 Å². The monoisotopic (exact) mass is 345 g/mol. The molecular weight excluding hydrogens is 330 g/mol. The number of nitrogens with one attached hydrogen (secondary N) is 1. The number of hydrogen-bond acceptors (Lipinski definition) is 3. The lowest BCUT2D eigenvalue weighted by molar-refractivity contribution is -0.117. The van der Waals surface area contributed by atoms with Gasteiger partial charge in [-0.1, -0.05) is 28.1 Å². The summed E-state index contributed by atoms with van der Waals surface area (Å²) in [6.07, 6.45) is 8.70. The van der Waals surface area contributed by atoms with Crippen LogP contribution < -0.4 is 5.32 Å². The van der Waals surface area contributed by atoms with E-state index in [1.54, 1.807) is 24.7 Å². The summed E-state index contributed by atoms with van der Waals surface area (Å²) in [4.78, 5) is 19.8. The number of rotatable bonds is 5. The van der Waals surface area contributed by atoms with E-state index in [2.05, 4.69) is 31.2 Å². The van der Waals surface area contributed by atoms with Crippen LogP contribution >= 0.6 is 15.9 Å². The van der Waals surface area contributed by atoms with Crippen LogP contribution in [0.3, 0.4) is 0 Å². The van der Waals surface area contributed by atoms with Crippen LogP contribution in [0.25, 0.3) is 6.08 Å². The average Bonchev–Trinajstić information content (AvgIpc) is 2.48. The van der Waals surface area contributed by atoms with E-state index in [4.69, 9.17) is 0 Å². The van der Waals surface area contributed by atoms with Crippen molar-refractivity contribution in [2.45, 2.75) is 19.4 Å². The number of aromatic nitrogens is 2. The molecule has 1 aromatic carbocycles. The molecule has 0 saturated heterocycles. The maximum atomic E-state index is 11.8. The van der Waals surface area contributed by atoms with Crippen LogP contribution in [0.2, 0.25) is 0 Å². The molecule has 1 amide bonds. The molecule has 1 heterocycles. The Morgan fingerprint density at radius 1 is 1.33 bits per heavy atom. The first kappa shape index (κ1) is 15.4. The highest BCUT2D eigenvalue weighted by Gasteiger charge is 2.06. The van der Waals surface area contributed by atoms with E-state index in [0.29, 0.717) is 5.69 Å². The molecule has 2 rings (SSSR count). The maximum Gasteiger partial charge on any atom is 0.244 e. The molecule has 0 radical (unpaired) electrons. The van der Waals surface area contributed by atoms with Crippen molar-refractivity contribution in [3.8, 4) is 0 Å². The van der Waals surface area contributed by atoms with Gasteiger partial charge in [0.15, 0.2) is 0 Å². The third-order valence-corrected chi connectivity index (χ3v) is 3.36. The Balaban J connectivity index is 1.84. The van der Waals surface area contributed by atoms with Crippen molar-refractivity contribution in [2.75, 3.05) is 0 Å². The van der Waals surface area contributed by atoms with Crippen molar-refractivity contribution in [3.63, 3.8) is 0 Å². The molecule has 108 valence electrons. The van der Waals surface area contributed by atoms with E-state index < -0.39 is 0 Å². The van der Waals surface area contributed by atoms with Gasteiger partial charge in [-0.25, -0.2) is 0 Å². The van der Waals surface area contributed by atoms with Crippen LogP contribution in [0.4, 0.5) is 0 Å². The summed E-state index contributed by atoms with van der Waals surface area (Å²) in [5.41, 5.74) is 1.84. The summed E-state index contributed by atoms with van der Waals surface area (Å²) in [6.45, 7) is 1.98. The van der Waals surface area contributed by atoms with E-state index in [9.17, 15) is 4.79 Å². The lowest BCUT2D eigenvalue weighted by atomic mass is 10.1. The van der Waals surface area contributed by atoms with Gasteiger partial charge >= 0.3 is 0 Å². The van der Waals surface area contributed by atoms with Crippen molar-refractivity contribution in [2.24, 2.45) is 0 Å². The summed E-state index contributed by atoms with van der Waals surface area (Å²) >= 11 is 3.40. The molecule has 2 aromatic rings. The fourth-order valence-electron chi connectivity index (χ4n) is 1.87. The van der Waals surface area contributed by atoms with Crippen LogP contribution in [-0.4, -0.2) is 21.9 Å². The Kier molecular flexibility index (Phi) is 5.63. The second kappa shape index (κ2) is 7.69. The lowest BCUT2D eigenvalue weighted by Gasteiger charge is -2.12. The van der Waals surface area contributed by atoms with Gasteiger partial charge in [0.2, 0.25) is 5.91 Å². The van der Waals surface area contributed by atoms with E-state index >= 15 is 0 Å². The molecule has 5 heteroatoms. The van der Waals surface area contributed by atoms with Gasteiger partial charge in [-0.05, 0) is 37.1 Å². The third kappa shape index (κ3) is 5.47. The van der Waals surface area contributed by atoms with E-state index in [0.717, 1.165) is 10.9 Å². The number of carbonyl (C=O) groups excluding carboxylic acids is 1. The molecule has 0 spiro atoms. The third-order valence-electron chi connectivity index (χ3n) is 2.83. The molecule has 21 heavy (non-hydrogen) atoms. The summed E-state index contributed by atoms with van der Waals surface area (Å²) in [7, 11) is 0. The first-order chi connectivity index (χ1) is 10.1. The van der Waals surface area contributed by atoms with Gasteiger partial charge in [0.05, 0.1) is 11.9 Å².